The summed E-state index contributed by atoms with van der Waals surface area (Å²) in [5.74, 6) is 0.0741. The van der Waals surface area contributed by atoms with Crippen LogP contribution in [0.4, 0.5) is 5.69 Å². The molecule has 0 radical (unpaired) electrons. The van der Waals surface area contributed by atoms with Crippen molar-refractivity contribution in [3.8, 4) is 5.75 Å². The van der Waals surface area contributed by atoms with Gasteiger partial charge in [-0.05, 0) is 49.2 Å². The van der Waals surface area contributed by atoms with Gasteiger partial charge in [0.2, 0.25) is 15.9 Å². The minimum absolute atomic E-state index is 0.175. The Morgan fingerprint density at radius 3 is 2.67 bits per heavy atom. The molecule has 2 aromatic rings. The van der Waals surface area contributed by atoms with Crippen molar-refractivity contribution in [3.05, 3.63) is 53.0 Å². The summed E-state index contributed by atoms with van der Waals surface area (Å²) < 4.78 is 33.1. The molecule has 1 heterocycles. The lowest BCUT2D eigenvalue weighted by Crippen LogP contribution is -2.43. The van der Waals surface area contributed by atoms with E-state index in [4.69, 9.17) is 4.74 Å². The van der Waals surface area contributed by atoms with Gasteiger partial charge in [0.05, 0.1) is 17.9 Å². The normalized spacial score (nSPS) is 18.1. The number of nitrogens with zero attached hydrogens (tertiary/aromatic N) is 1. The average molecular weight is 453 g/mol. The number of sulfonamides is 1. The Bertz CT molecular complexity index is 916. The molecule has 0 bridgehead atoms. The van der Waals surface area contributed by atoms with Gasteiger partial charge in [0, 0.05) is 29.3 Å². The topological polar surface area (TPSA) is 75.7 Å². The number of hydrogen-bond acceptors (Lipinski definition) is 4. The van der Waals surface area contributed by atoms with Gasteiger partial charge in [0.15, 0.2) is 0 Å². The van der Waals surface area contributed by atoms with E-state index in [2.05, 4.69) is 21.2 Å². The third-order valence-corrected chi connectivity index (χ3v) is 6.95. The van der Waals surface area contributed by atoms with Crippen LogP contribution >= 0.6 is 15.9 Å². The van der Waals surface area contributed by atoms with Crippen molar-refractivity contribution in [1.29, 1.82) is 0 Å². The lowest BCUT2D eigenvalue weighted by molar-refractivity contribution is -0.120. The number of carbonyl (C=O) groups excluding carboxylic acids is 1. The number of ether oxygens (including phenoxy) is 1. The van der Waals surface area contributed by atoms with E-state index in [0.29, 0.717) is 30.8 Å². The van der Waals surface area contributed by atoms with Crippen molar-refractivity contribution >= 4 is 37.5 Å². The highest BCUT2D eigenvalue weighted by Crippen LogP contribution is 2.26. The van der Waals surface area contributed by atoms with E-state index < -0.39 is 15.9 Å². The molecule has 8 heteroatoms. The molecule has 0 aromatic heterocycles. The summed E-state index contributed by atoms with van der Waals surface area (Å²) in [5, 5.41) is 2.86. The fourth-order valence-corrected chi connectivity index (χ4v) is 4.86. The molecule has 2 aromatic carbocycles. The van der Waals surface area contributed by atoms with Crippen LogP contribution in [0.1, 0.15) is 12.8 Å². The first kappa shape index (κ1) is 19.9. The Kier molecular flexibility index (Phi) is 6.18. The molecule has 1 aliphatic rings. The zero-order valence-corrected chi connectivity index (χ0v) is 17.3. The number of benzene rings is 2. The summed E-state index contributed by atoms with van der Waals surface area (Å²) in [6.07, 6.45) is 1.30. The number of carbonyl (C=O) groups is 1. The summed E-state index contributed by atoms with van der Waals surface area (Å²) in [4.78, 5) is 12.9. The molecule has 0 saturated carbocycles. The van der Waals surface area contributed by atoms with Gasteiger partial charge in [-0.2, -0.15) is 4.31 Å². The molecule has 0 spiro atoms. The zero-order chi connectivity index (χ0) is 19.4. The smallest absolute Gasteiger partial charge is 0.243 e. The van der Waals surface area contributed by atoms with Crippen molar-refractivity contribution in [3.63, 3.8) is 0 Å². The summed E-state index contributed by atoms with van der Waals surface area (Å²) >= 11 is 3.31. The third kappa shape index (κ3) is 4.69. The molecule has 6 nitrogen and oxygen atoms in total. The first-order valence-electron chi connectivity index (χ1n) is 8.61. The Labute approximate surface area is 167 Å². The first-order chi connectivity index (χ1) is 12.9. The minimum Gasteiger partial charge on any atom is -0.497 e. The Morgan fingerprint density at radius 2 is 1.96 bits per heavy atom. The van der Waals surface area contributed by atoms with Crippen LogP contribution in [0.2, 0.25) is 0 Å². The monoisotopic (exact) mass is 452 g/mol. The van der Waals surface area contributed by atoms with E-state index in [-0.39, 0.29) is 17.3 Å². The molecule has 27 heavy (non-hydrogen) atoms. The van der Waals surface area contributed by atoms with Gasteiger partial charge in [-0.15, -0.1) is 0 Å². The number of nitrogens with one attached hydrogen (secondary N) is 1. The maximum atomic E-state index is 12.9. The Balaban J connectivity index is 1.71. The number of halogens is 1. The van der Waals surface area contributed by atoms with Crippen LogP contribution in [0.5, 0.6) is 5.75 Å². The van der Waals surface area contributed by atoms with Crippen molar-refractivity contribution in [1.82, 2.24) is 4.31 Å². The second kappa shape index (κ2) is 8.41. The largest absolute Gasteiger partial charge is 0.497 e. The molecular formula is C19H21BrN2O4S. The summed E-state index contributed by atoms with van der Waals surface area (Å²) in [6, 6.07) is 13.6. The molecule has 1 saturated heterocycles. The van der Waals surface area contributed by atoms with E-state index in [9.17, 15) is 13.2 Å². The Hall–Kier alpha value is -1.90. The molecule has 1 aliphatic heterocycles. The average Bonchev–Trinajstić information content (AvgIpc) is 2.68. The van der Waals surface area contributed by atoms with Crippen molar-refractivity contribution in [2.45, 2.75) is 17.7 Å². The molecule has 0 unspecified atom stereocenters. The second-order valence-corrected chi connectivity index (χ2v) is 9.23. The molecule has 144 valence electrons. The number of anilines is 1. The minimum atomic E-state index is -3.62. The van der Waals surface area contributed by atoms with Gasteiger partial charge in [0.25, 0.3) is 0 Å². The molecule has 1 fully saturated rings. The molecular weight excluding hydrogens is 432 g/mol. The van der Waals surface area contributed by atoms with Crippen LogP contribution in [0.3, 0.4) is 0 Å². The van der Waals surface area contributed by atoms with Crippen LogP contribution in [0.15, 0.2) is 57.9 Å². The number of hydrogen-bond donors (Lipinski definition) is 1. The SMILES string of the molecule is COc1cccc(NC(=O)[C@@H]2CCCN(S(=O)(=O)c3ccc(Br)cc3)C2)c1. The van der Waals surface area contributed by atoms with Gasteiger partial charge in [-0.1, -0.05) is 22.0 Å². The van der Waals surface area contributed by atoms with Crippen LogP contribution < -0.4 is 10.1 Å². The molecule has 1 amide bonds. The summed E-state index contributed by atoms with van der Waals surface area (Å²) in [5.41, 5.74) is 0.632. The lowest BCUT2D eigenvalue weighted by Gasteiger charge is -2.31. The van der Waals surface area contributed by atoms with Crippen molar-refractivity contribution < 1.29 is 17.9 Å². The summed E-state index contributed by atoms with van der Waals surface area (Å²) in [7, 11) is -2.05. The third-order valence-electron chi connectivity index (χ3n) is 4.54. The van der Waals surface area contributed by atoms with Crippen LogP contribution in [0, 0.1) is 5.92 Å². The fourth-order valence-electron chi connectivity index (χ4n) is 3.08. The lowest BCUT2D eigenvalue weighted by atomic mass is 9.98. The van der Waals surface area contributed by atoms with Gasteiger partial charge in [-0.3, -0.25) is 4.79 Å². The predicted octanol–water partition coefficient (Wildman–Crippen LogP) is 3.50. The quantitative estimate of drug-likeness (QED) is 0.752. The van der Waals surface area contributed by atoms with E-state index >= 15 is 0 Å². The van der Waals surface area contributed by atoms with E-state index in [1.165, 1.54) is 4.31 Å². The van der Waals surface area contributed by atoms with Gasteiger partial charge in [0.1, 0.15) is 5.75 Å². The van der Waals surface area contributed by atoms with Gasteiger partial charge < -0.3 is 10.1 Å². The van der Waals surface area contributed by atoms with E-state index in [1.807, 2.05) is 0 Å². The number of methoxy groups -OCH3 is 1. The van der Waals surface area contributed by atoms with Gasteiger partial charge in [-0.25, -0.2) is 8.42 Å². The highest BCUT2D eigenvalue weighted by Gasteiger charge is 2.33. The van der Waals surface area contributed by atoms with E-state index in [0.717, 1.165) is 4.47 Å². The predicted molar refractivity (Wildman–Crippen MR) is 107 cm³/mol. The highest BCUT2D eigenvalue weighted by molar-refractivity contribution is 9.10. The number of piperidine rings is 1. The van der Waals surface area contributed by atoms with E-state index in [1.54, 1.807) is 55.6 Å². The highest BCUT2D eigenvalue weighted by atomic mass is 79.9. The first-order valence-corrected chi connectivity index (χ1v) is 10.8. The Morgan fingerprint density at radius 1 is 1.22 bits per heavy atom. The van der Waals surface area contributed by atoms with Gasteiger partial charge >= 0.3 is 0 Å². The molecule has 1 atom stereocenters. The fraction of sp³-hybridized carbons (Fsp3) is 0.316. The van der Waals surface area contributed by atoms with Crippen LogP contribution in [-0.4, -0.2) is 38.8 Å². The standard InChI is InChI=1S/C19H21BrN2O4S/c1-26-17-6-2-5-16(12-17)21-19(23)14-4-3-11-22(13-14)27(24,25)18-9-7-15(20)8-10-18/h2,5-10,12,14H,3-4,11,13H2,1H3,(H,21,23)/t14-/m1/s1. The van der Waals surface area contributed by atoms with Crippen molar-refractivity contribution in [2.75, 3.05) is 25.5 Å². The maximum Gasteiger partial charge on any atom is 0.243 e. The zero-order valence-electron chi connectivity index (χ0n) is 14.9. The van der Waals surface area contributed by atoms with Crippen LogP contribution in [0.25, 0.3) is 0 Å². The maximum absolute atomic E-state index is 12.9. The molecule has 0 aliphatic carbocycles. The second-order valence-electron chi connectivity index (χ2n) is 6.38. The number of rotatable bonds is 5. The molecule has 3 rings (SSSR count). The number of amides is 1. The van der Waals surface area contributed by atoms with Crippen LogP contribution in [-0.2, 0) is 14.8 Å². The summed E-state index contributed by atoms with van der Waals surface area (Å²) in [6.45, 7) is 0.593. The molecule has 1 N–H and O–H groups in total. The van der Waals surface area contributed by atoms with Crippen molar-refractivity contribution in [2.24, 2.45) is 5.92 Å².